The van der Waals surface area contributed by atoms with E-state index in [4.69, 9.17) is 0 Å². The number of hydrogen-bond donors (Lipinski definition) is 3. The number of benzene rings is 1. The molecule has 0 aliphatic carbocycles. The molecular weight excluding hydrogens is 254 g/mol. The van der Waals surface area contributed by atoms with Crippen LogP contribution in [0.4, 0.5) is 5.69 Å². The van der Waals surface area contributed by atoms with E-state index in [-0.39, 0.29) is 24.6 Å². The SMILES string of the molecule is C[C@@H]1C(=O)N[C@@H](CO)Cc2c[nH]c3cccc(c23)N1C. The first-order chi connectivity index (χ1) is 9.61. The van der Waals surface area contributed by atoms with Crippen LogP contribution in [0.1, 0.15) is 12.5 Å². The molecule has 0 spiro atoms. The van der Waals surface area contributed by atoms with Gasteiger partial charge in [-0.25, -0.2) is 0 Å². The van der Waals surface area contributed by atoms with Crippen LogP contribution in [0.15, 0.2) is 24.4 Å². The van der Waals surface area contributed by atoms with Crippen LogP contribution in [0.3, 0.4) is 0 Å². The van der Waals surface area contributed by atoms with Crippen molar-refractivity contribution in [1.29, 1.82) is 0 Å². The second-order valence-corrected chi connectivity index (χ2v) is 5.39. The number of nitrogens with one attached hydrogen (secondary N) is 2. The van der Waals surface area contributed by atoms with Crippen LogP contribution in [0.2, 0.25) is 0 Å². The van der Waals surface area contributed by atoms with Gasteiger partial charge in [-0.3, -0.25) is 4.79 Å². The van der Waals surface area contributed by atoms with E-state index in [0.29, 0.717) is 6.42 Å². The minimum Gasteiger partial charge on any atom is -0.394 e. The van der Waals surface area contributed by atoms with Crippen LogP contribution >= 0.6 is 0 Å². The van der Waals surface area contributed by atoms with Gasteiger partial charge in [0.25, 0.3) is 0 Å². The third kappa shape index (κ3) is 1.94. The van der Waals surface area contributed by atoms with Crippen molar-refractivity contribution in [1.82, 2.24) is 10.3 Å². The van der Waals surface area contributed by atoms with E-state index >= 15 is 0 Å². The molecule has 1 aliphatic rings. The lowest BCUT2D eigenvalue weighted by Crippen LogP contribution is -2.48. The van der Waals surface area contributed by atoms with Gasteiger partial charge in [0, 0.05) is 29.8 Å². The molecule has 20 heavy (non-hydrogen) atoms. The van der Waals surface area contributed by atoms with Gasteiger partial charge in [0.2, 0.25) is 5.91 Å². The van der Waals surface area contributed by atoms with E-state index in [1.807, 2.05) is 43.3 Å². The number of aliphatic hydroxyl groups excluding tert-OH is 1. The monoisotopic (exact) mass is 273 g/mol. The molecule has 3 N–H and O–H groups in total. The Morgan fingerprint density at radius 3 is 3.00 bits per heavy atom. The largest absolute Gasteiger partial charge is 0.394 e. The predicted octanol–water partition coefficient (Wildman–Crippen LogP) is 1.03. The highest BCUT2D eigenvalue weighted by Gasteiger charge is 2.26. The summed E-state index contributed by atoms with van der Waals surface area (Å²) in [6.07, 6.45) is 2.59. The molecule has 0 unspecified atom stereocenters. The zero-order valence-electron chi connectivity index (χ0n) is 11.7. The molecule has 0 bridgehead atoms. The molecule has 3 rings (SSSR count). The maximum Gasteiger partial charge on any atom is 0.242 e. The van der Waals surface area contributed by atoms with Crippen molar-refractivity contribution in [3.63, 3.8) is 0 Å². The smallest absolute Gasteiger partial charge is 0.242 e. The number of carbonyl (C=O) groups excluding carboxylic acids is 1. The minimum atomic E-state index is -0.282. The van der Waals surface area contributed by atoms with Crippen molar-refractivity contribution in [2.45, 2.75) is 25.4 Å². The molecule has 5 nitrogen and oxygen atoms in total. The number of amides is 1. The molecule has 1 aromatic heterocycles. The molecule has 2 atom stereocenters. The van der Waals surface area contributed by atoms with E-state index in [0.717, 1.165) is 22.2 Å². The van der Waals surface area contributed by atoms with E-state index in [1.165, 1.54) is 0 Å². The van der Waals surface area contributed by atoms with Gasteiger partial charge in [-0.2, -0.15) is 0 Å². The summed E-state index contributed by atoms with van der Waals surface area (Å²) in [6.45, 7) is 1.82. The summed E-state index contributed by atoms with van der Waals surface area (Å²) in [5.41, 5.74) is 3.22. The Morgan fingerprint density at radius 2 is 2.25 bits per heavy atom. The van der Waals surface area contributed by atoms with E-state index in [2.05, 4.69) is 10.3 Å². The molecule has 0 saturated carbocycles. The zero-order valence-corrected chi connectivity index (χ0v) is 11.7. The summed E-state index contributed by atoms with van der Waals surface area (Å²) in [7, 11) is 1.93. The number of carbonyl (C=O) groups is 1. The Bertz CT molecular complexity index is 650. The first kappa shape index (κ1) is 13.0. The fraction of sp³-hybridized carbons (Fsp3) is 0.400. The quantitative estimate of drug-likeness (QED) is 0.727. The maximum atomic E-state index is 12.2. The summed E-state index contributed by atoms with van der Waals surface area (Å²) in [5, 5.41) is 13.5. The first-order valence-corrected chi connectivity index (χ1v) is 6.85. The third-order valence-electron chi connectivity index (χ3n) is 4.14. The number of nitrogens with zero attached hydrogens (tertiary/aromatic N) is 1. The number of H-pyrrole nitrogens is 1. The Hall–Kier alpha value is -2.01. The van der Waals surface area contributed by atoms with Gasteiger partial charge < -0.3 is 20.3 Å². The van der Waals surface area contributed by atoms with Gasteiger partial charge in [-0.15, -0.1) is 0 Å². The van der Waals surface area contributed by atoms with Gasteiger partial charge in [0.1, 0.15) is 6.04 Å². The fourth-order valence-corrected chi connectivity index (χ4v) is 2.82. The molecular formula is C15H19N3O2. The highest BCUT2D eigenvalue weighted by molar-refractivity contribution is 5.98. The van der Waals surface area contributed by atoms with Crippen LogP contribution in [0, 0.1) is 0 Å². The van der Waals surface area contributed by atoms with E-state index in [9.17, 15) is 9.90 Å². The lowest BCUT2D eigenvalue weighted by molar-refractivity contribution is -0.123. The average molecular weight is 273 g/mol. The van der Waals surface area contributed by atoms with Gasteiger partial charge in [0.05, 0.1) is 12.6 Å². The van der Waals surface area contributed by atoms with Crippen LogP contribution in [-0.4, -0.2) is 41.7 Å². The summed E-state index contributed by atoms with van der Waals surface area (Å²) < 4.78 is 0. The van der Waals surface area contributed by atoms with Gasteiger partial charge >= 0.3 is 0 Å². The number of aromatic amines is 1. The molecule has 5 heteroatoms. The number of aliphatic hydroxyl groups is 1. The van der Waals surface area contributed by atoms with Crippen molar-refractivity contribution in [2.75, 3.05) is 18.6 Å². The number of rotatable bonds is 1. The first-order valence-electron chi connectivity index (χ1n) is 6.85. The molecule has 0 radical (unpaired) electrons. The van der Waals surface area contributed by atoms with Crippen LogP contribution in [0.5, 0.6) is 0 Å². The van der Waals surface area contributed by atoms with Crippen molar-refractivity contribution in [2.24, 2.45) is 0 Å². The predicted molar refractivity (Wildman–Crippen MR) is 78.9 cm³/mol. The molecule has 0 saturated heterocycles. The number of anilines is 1. The topological polar surface area (TPSA) is 68.4 Å². The Balaban J connectivity index is 2.20. The molecule has 0 fully saturated rings. The number of likely N-dealkylation sites (N-methyl/N-ethyl adjacent to an activating group) is 1. The number of hydrogen-bond acceptors (Lipinski definition) is 3. The van der Waals surface area contributed by atoms with Gasteiger partial charge in [-0.1, -0.05) is 6.07 Å². The van der Waals surface area contributed by atoms with Crippen LogP contribution in [-0.2, 0) is 11.2 Å². The average Bonchev–Trinajstić information content (AvgIpc) is 2.88. The van der Waals surface area contributed by atoms with E-state index < -0.39 is 0 Å². The minimum absolute atomic E-state index is 0.0577. The Morgan fingerprint density at radius 1 is 1.45 bits per heavy atom. The molecule has 1 amide bonds. The van der Waals surface area contributed by atoms with Crippen molar-refractivity contribution in [3.05, 3.63) is 30.0 Å². The molecule has 2 aromatic rings. The lowest BCUT2D eigenvalue weighted by atomic mass is 10.0. The molecule has 1 aliphatic heterocycles. The van der Waals surface area contributed by atoms with Crippen molar-refractivity contribution < 1.29 is 9.90 Å². The van der Waals surface area contributed by atoms with Crippen LogP contribution in [0.25, 0.3) is 10.9 Å². The van der Waals surface area contributed by atoms with Gasteiger partial charge in [-0.05, 0) is 31.0 Å². The highest BCUT2D eigenvalue weighted by Crippen LogP contribution is 2.31. The summed E-state index contributed by atoms with van der Waals surface area (Å²) in [5.74, 6) is -0.0577. The maximum absolute atomic E-state index is 12.2. The standard InChI is InChI=1S/C15H19N3O2/c1-9-15(20)17-11(8-19)6-10-7-16-12-4-3-5-13(14(10)12)18(9)2/h3-5,7,9,11,16,19H,6,8H2,1-2H3,(H,17,20)/t9-,11-/m1/s1. The molecule has 106 valence electrons. The van der Waals surface area contributed by atoms with Crippen molar-refractivity contribution >= 4 is 22.5 Å². The number of aromatic nitrogens is 1. The molecule has 2 heterocycles. The normalized spacial score (nSPS) is 23.1. The van der Waals surface area contributed by atoms with Crippen LogP contribution < -0.4 is 10.2 Å². The zero-order chi connectivity index (χ0) is 14.3. The van der Waals surface area contributed by atoms with Crippen molar-refractivity contribution in [3.8, 4) is 0 Å². The second kappa shape index (κ2) is 4.83. The summed E-state index contributed by atoms with van der Waals surface area (Å²) in [6, 6.07) is 5.52. The summed E-state index contributed by atoms with van der Waals surface area (Å²) >= 11 is 0. The Labute approximate surface area is 117 Å². The third-order valence-corrected chi connectivity index (χ3v) is 4.14. The fourth-order valence-electron chi connectivity index (χ4n) is 2.82. The Kier molecular flexibility index (Phi) is 3.14. The second-order valence-electron chi connectivity index (χ2n) is 5.39. The molecule has 1 aromatic carbocycles. The van der Waals surface area contributed by atoms with Gasteiger partial charge in [0.15, 0.2) is 0 Å². The highest BCUT2D eigenvalue weighted by atomic mass is 16.3. The lowest BCUT2D eigenvalue weighted by Gasteiger charge is -2.27. The summed E-state index contributed by atoms with van der Waals surface area (Å²) in [4.78, 5) is 17.5. The van der Waals surface area contributed by atoms with E-state index in [1.54, 1.807) is 0 Å².